The Morgan fingerprint density at radius 3 is 2.69 bits per heavy atom. The molecule has 0 fully saturated rings. The van der Waals surface area contributed by atoms with Gasteiger partial charge in [0.05, 0.1) is 3.79 Å². The average molecular weight is 264 g/mol. The molecule has 0 bridgehead atoms. The van der Waals surface area contributed by atoms with Crippen molar-refractivity contribution in [1.82, 2.24) is 0 Å². The topological polar surface area (TPSA) is 46.2 Å². The van der Waals surface area contributed by atoms with Gasteiger partial charge < -0.3 is 10.8 Å². The molecule has 1 heterocycles. The minimum absolute atomic E-state index is 0.138. The molecule has 0 aliphatic rings. The molecule has 0 amide bonds. The van der Waals surface area contributed by atoms with Crippen LogP contribution in [-0.4, -0.2) is 18.3 Å². The Morgan fingerprint density at radius 1 is 1.62 bits per heavy atom. The van der Waals surface area contributed by atoms with E-state index in [4.69, 9.17) is 10.8 Å². The molecular formula is C9H14BrNOS. The molecule has 4 heteroatoms. The zero-order valence-corrected chi connectivity index (χ0v) is 9.99. The Kier molecular flexibility index (Phi) is 3.91. The summed E-state index contributed by atoms with van der Waals surface area (Å²) in [6, 6.07) is 4.09. The van der Waals surface area contributed by atoms with Crippen LogP contribution in [0, 0.1) is 5.41 Å². The summed E-state index contributed by atoms with van der Waals surface area (Å²) < 4.78 is 1.12. The first-order valence-electron chi connectivity index (χ1n) is 4.15. The maximum atomic E-state index is 9.17. The fourth-order valence-electron chi connectivity index (χ4n) is 1.06. The van der Waals surface area contributed by atoms with Crippen molar-refractivity contribution in [3.63, 3.8) is 0 Å². The molecule has 1 aromatic heterocycles. The SMILES string of the molecule is CC(CN)(CO)Cc1ccc(Br)s1. The first kappa shape index (κ1) is 11.2. The van der Waals surface area contributed by atoms with Crippen molar-refractivity contribution in [3.05, 3.63) is 20.8 Å². The standard InChI is InChI=1S/C9H14BrNOS/c1-9(5-11,6-12)4-7-2-3-8(10)13-7/h2-3,12H,4-6,11H2,1H3. The summed E-state index contributed by atoms with van der Waals surface area (Å²) in [4.78, 5) is 1.26. The van der Waals surface area contributed by atoms with Crippen molar-refractivity contribution < 1.29 is 5.11 Å². The third-order valence-electron chi connectivity index (χ3n) is 2.10. The number of thiophene rings is 1. The van der Waals surface area contributed by atoms with E-state index in [0.717, 1.165) is 10.2 Å². The van der Waals surface area contributed by atoms with Crippen molar-refractivity contribution in [2.45, 2.75) is 13.3 Å². The fourth-order valence-corrected chi connectivity index (χ4v) is 2.76. The highest BCUT2D eigenvalue weighted by Crippen LogP contribution is 2.28. The molecule has 0 saturated heterocycles. The smallest absolute Gasteiger partial charge is 0.0701 e. The van der Waals surface area contributed by atoms with Gasteiger partial charge in [-0.2, -0.15) is 0 Å². The van der Waals surface area contributed by atoms with Crippen LogP contribution < -0.4 is 5.73 Å². The lowest BCUT2D eigenvalue weighted by Gasteiger charge is -2.24. The summed E-state index contributed by atoms with van der Waals surface area (Å²) in [7, 11) is 0. The molecule has 0 spiro atoms. The van der Waals surface area contributed by atoms with Gasteiger partial charge in [-0.05, 0) is 34.5 Å². The predicted octanol–water partition coefficient (Wildman–Crippen LogP) is 2.01. The van der Waals surface area contributed by atoms with Crippen LogP contribution in [0.4, 0.5) is 0 Å². The van der Waals surface area contributed by atoms with Gasteiger partial charge >= 0.3 is 0 Å². The van der Waals surface area contributed by atoms with Gasteiger partial charge in [0.25, 0.3) is 0 Å². The van der Waals surface area contributed by atoms with E-state index in [2.05, 4.69) is 22.0 Å². The minimum atomic E-state index is -0.176. The van der Waals surface area contributed by atoms with Crippen molar-refractivity contribution >= 4 is 27.3 Å². The summed E-state index contributed by atoms with van der Waals surface area (Å²) >= 11 is 5.10. The van der Waals surface area contributed by atoms with E-state index in [0.29, 0.717) is 6.54 Å². The van der Waals surface area contributed by atoms with E-state index in [9.17, 15) is 0 Å². The number of nitrogens with two attached hydrogens (primary N) is 1. The summed E-state index contributed by atoms with van der Waals surface area (Å²) in [5, 5.41) is 9.17. The van der Waals surface area contributed by atoms with Gasteiger partial charge in [0.15, 0.2) is 0 Å². The number of aliphatic hydroxyl groups excluding tert-OH is 1. The summed E-state index contributed by atoms with van der Waals surface area (Å²) in [6.45, 7) is 2.65. The Hall–Kier alpha value is 0.1000. The van der Waals surface area contributed by atoms with Crippen LogP contribution in [0.15, 0.2) is 15.9 Å². The molecule has 13 heavy (non-hydrogen) atoms. The van der Waals surface area contributed by atoms with E-state index >= 15 is 0 Å². The van der Waals surface area contributed by atoms with Crippen molar-refractivity contribution in [2.75, 3.05) is 13.2 Å². The fraction of sp³-hybridized carbons (Fsp3) is 0.556. The zero-order chi connectivity index (χ0) is 9.90. The summed E-state index contributed by atoms with van der Waals surface area (Å²) in [5.41, 5.74) is 5.43. The normalized spacial score (nSPS) is 15.7. The van der Waals surface area contributed by atoms with Gasteiger partial charge in [0.1, 0.15) is 0 Å². The molecule has 1 aromatic rings. The van der Waals surface area contributed by atoms with Crippen LogP contribution >= 0.6 is 27.3 Å². The molecule has 0 saturated carbocycles. The highest BCUT2D eigenvalue weighted by molar-refractivity contribution is 9.11. The van der Waals surface area contributed by atoms with Crippen LogP contribution in [0.2, 0.25) is 0 Å². The lowest BCUT2D eigenvalue weighted by atomic mass is 9.87. The predicted molar refractivity (Wildman–Crippen MR) is 60.0 cm³/mol. The van der Waals surface area contributed by atoms with Crippen LogP contribution in [0.3, 0.4) is 0 Å². The highest BCUT2D eigenvalue weighted by Gasteiger charge is 2.22. The molecule has 0 aliphatic heterocycles. The minimum Gasteiger partial charge on any atom is -0.396 e. The molecule has 1 rings (SSSR count). The molecule has 0 aliphatic carbocycles. The van der Waals surface area contributed by atoms with Crippen LogP contribution in [0.25, 0.3) is 0 Å². The van der Waals surface area contributed by atoms with Crippen LogP contribution in [0.5, 0.6) is 0 Å². The van der Waals surface area contributed by atoms with Gasteiger partial charge in [-0.1, -0.05) is 6.92 Å². The third kappa shape index (κ3) is 3.06. The van der Waals surface area contributed by atoms with Gasteiger partial charge in [-0.25, -0.2) is 0 Å². The van der Waals surface area contributed by atoms with Crippen molar-refractivity contribution in [2.24, 2.45) is 11.1 Å². The molecule has 1 unspecified atom stereocenters. The van der Waals surface area contributed by atoms with Gasteiger partial charge in [-0.3, -0.25) is 0 Å². The molecule has 0 aromatic carbocycles. The number of hydrogen-bond acceptors (Lipinski definition) is 3. The average Bonchev–Trinajstić information content (AvgIpc) is 2.51. The van der Waals surface area contributed by atoms with E-state index in [-0.39, 0.29) is 12.0 Å². The third-order valence-corrected chi connectivity index (χ3v) is 3.73. The first-order chi connectivity index (χ1) is 6.09. The summed E-state index contributed by atoms with van der Waals surface area (Å²) in [5.74, 6) is 0. The number of rotatable bonds is 4. The second-order valence-electron chi connectivity index (χ2n) is 3.56. The quantitative estimate of drug-likeness (QED) is 0.873. The van der Waals surface area contributed by atoms with E-state index < -0.39 is 0 Å². The maximum Gasteiger partial charge on any atom is 0.0701 e. The van der Waals surface area contributed by atoms with Crippen LogP contribution in [-0.2, 0) is 6.42 Å². The summed E-state index contributed by atoms with van der Waals surface area (Å²) in [6.07, 6.45) is 0.844. The highest BCUT2D eigenvalue weighted by atomic mass is 79.9. The van der Waals surface area contributed by atoms with Crippen LogP contribution in [0.1, 0.15) is 11.8 Å². The van der Waals surface area contributed by atoms with E-state index in [1.54, 1.807) is 11.3 Å². The monoisotopic (exact) mass is 263 g/mol. The lowest BCUT2D eigenvalue weighted by molar-refractivity contribution is 0.150. The number of halogens is 1. The number of hydrogen-bond donors (Lipinski definition) is 2. The van der Waals surface area contributed by atoms with Gasteiger partial charge in [-0.15, -0.1) is 11.3 Å². The second kappa shape index (κ2) is 4.55. The molecule has 3 N–H and O–H groups in total. The Labute approximate surface area is 90.9 Å². The largest absolute Gasteiger partial charge is 0.396 e. The maximum absolute atomic E-state index is 9.17. The molecule has 2 nitrogen and oxygen atoms in total. The molecular weight excluding hydrogens is 250 g/mol. The Morgan fingerprint density at radius 2 is 2.31 bits per heavy atom. The van der Waals surface area contributed by atoms with Gasteiger partial charge in [0, 0.05) is 23.4 Å². The first-order valence-corrected chi connectivity index (χ1v) is 5.76. The molecule has 74 valence electrons. The molecule has 0 radical (unpaired) electrons. The Bertz CT molecular complexity index is 270. The van der Waals surface area contributed by atoms with E-state index in [1.807, 2.05) is 13.0 Å². The van der Waals surface area contributed by atoms with Crippen molar-refractivity contribution in [3.8, 4) is 0 Å². The van der Waals surface area contributed by atoms with Gasteiger partial charge in [0.2, 0.25) is 0 Å². The molecule has 1 atom stereocenters. The Balaban J connectivity index is 2.67. The zero-order valence-electron chi connectivity index (χ0n) is 7.59. The van der Waals surface area contributed by atoms with E-state index in [1.165, 1.54) is 4.88 Å². The lowest BCUT2D eigenvalue weighted by Crippen LogP contribution is -2.32. The number of aliphatic hydroxyl groups is 1. The van der Waals surface area contributed by atoms with Crippen molar-refractivity contribution in [1.29, 1.82) is 0 Å². The second-order valence-corrected chi connectivity index (χ2v) is 6.10.